The molecule has 0 unspecified atom stereocenters. The maximum Gasteiger partial charge on any atom is 0.405 e. The van der Waals surface area contributed by atoms with Gasteiger partial charge in [0.25, 0.3) is 0 Å². The van der Waals surface area contributed by atoms with E-state index in [2.05, 4.69) is 20.1 Å². The fourth-order valence-electron chi connectivity index (χ4n) is 3.32. The lowest BCUT2D eigenvalue weighted by Gasteiger charge is -2.20. The van der Waals surface area contributed by atoms with Gasteiger partial charge < -0.3 is 10.2 Å². The van der Waals surface area contributed by atoms with E-state index >= 15 is 0 Å². The lowest BCUT2D eigenvalue weighted by molar-refractivity contribution is -0.129. The van der Waals surface area contributed by atoms with E-state index in [-0.39, 0.29) is 12.2 Å². The molecular weight excluding hydrogens is 455 g/mol. The Labute approximate surface area is 190 Å². The third kappa shape index (κ3) is 4.53. The number of rotatable bonds is 6. The van der Waals surface area contributed by atoms with E-state index in [1.54, 1.807) is 46.0 Å². The summed E-state index contributed by atoms with van der Waals surface area (Å²) >= 11 is 0. The topological polar surface area (TPSA) is 107 Å². The Morgan fingerprint density at radius 1 is 1.24 bits per heavy atom. The van der Waals surface area contributed by atoms with Crippen LogP contribution in [0.5, 0.6) is 0 Å². The van der Waals surface area contributed by atoms with Gasteiger partial charge in [-0.05, 0) is 31.2 Å². The number of hydroxylamine groups is 1. The van der Waals surface area contributed by atoms with Crippen LogP contribution in [0.15, 0.2) is 48.8 Å². The second kappa shape index (κ2) is 8.84. The van der Waals surface area contributed by atoms with Crippen LogP contribution < -0.4 is 10.4 Å². The Kier molecular flexibility index (Phi) is 5.92. The highest BCUT2D eigenvalue weighted by atomic mass is 19.4. The van der Waals surface area contributed by atoms with Crippen molar-refractivity contribution in [3.8, 4) is 22.5 Å². The number of benzene rings is 1. The molecule has 3 aromatic heterocycles. The van der Waals surface area contributed by atoms with Crippen LogP contribution in [0.25, 0.3) is 28.2 Å². The number of hydrogen-bond acceptors (Lipinski definition) is 6. The zero-order valence-electron chi connectivity index (χ0n) is 17.9. The molecule has 0 atom stereocenters. The quantitative estimate of drug-likeness (QED) is 0.340. The number of imidazole rings is 1. The zero-order valence-corrected chi connectivity index (χ0v) is 17.9. The fraction of sp³-hybridized carbons (Fsp3) is 0.190. The number of fused-ring (bicyclic) bond motifs is 1. The number of amides is 2. The summed E-state index contributed by atoms with van der Waals surface area (Å²) in [5.41, 5.74) is 4.33. The maximum atomic E-state index is 12.5. The second-order valence-electron chi connectivity index (χ2n) is 7.25. The van der Waals surface area contributed by atoms with Crippen molar-refractivity contribution in [2.24, 2.45) is 7.05 Å². The van der Waals surface area contributed by atoms with Crippen molar-refractivity contribution < 1.29 is 27.6 Å². The molecule has 4 rings (SSSR count). The highest BCUT2D eigenvalue weighted by Gasteiger charge is 2.30. The number of nitrogens with one attached hydrogen (secondary N) is 1. The molecule has 0 aliphatic heterocycles. The highest BCUT2D eigenvalue weighted by Crippen LogP contribution is 2.28. The normalized spacial score (nSPS) is 11.4. The maximum absolute atomic E-state index is 12.5. The number of carbonyl (C=O) groups is 2. The van der Waals surface area contributed by atoms with Crippen molar-refractivity contribution in [2.75, 3.05) is 11.6 Å². The Balaban J connectivity index is 1.66. The predicted octanol–water partition coefficient (Wildman–Crippen LogP) is 3.27. The van der Waals surface area contributed by atoms with Gasteiger partial charge in [0.15, 0.2) is 0 Å². The summed E-state index contributed by atoms with van der Waals surface area (Å²) in [4.78, 5) is 32.1. The smallest absolute Gasteiger partial charge is 0.335 e. The molecule has 10 nitrogen and oxygen atoms in total. The van der Waals surface area contributed by atoms with Crippen molar-refractivity contribution >= 4 is 23.8 Å². The Hall–Kier alpha value is -4.42. The molecule has 4 aromatic rings. The average Bonchev–Trinajstić information content (AvgIpc) is 3.38. The Morgan fingerprint density at radius 3 is 2.71 bits per heavy atom. The Bertz CT molecular complexity index is 1360. The lowest BCUT2D eigenvalue weighted by Crippen LogP contribution is -2.43. The first kappa shape index (κ1) is 22.8. The van der Waals surface area contributed by atoms with Crippen LogP contribution in [-0.2, 0) is 16.7 Å². The van der Waals surface area contributed by atoms with E-state index < -0.39 is 18.8 Å². The molecule has 0 fully saturated rings. The van der Waals surface area contributed by atoms with Gasteiger partial charge in [-0.15, -0.1) is 10.2 Å². The van der Waals surface area contributed by atoms with Gasteiger partial charge in [0.05, 0.1) is 23.3 Å². The number of nitrogens with zero attached hydrogens (tertiary/aromatic N) is 6. The SMILES string of the molecule is Cc1c(-c2ccn3c(-c4cccc(N(OC=O)C(=O)NCC(F)(F)F)c4)cnc3c2)nnn1C. The summed E-state index contributed by atoms with van der Waals surface area (Å²) in [5.74, 6) is 0. The molecule has 34 heavy (non-hydrogen) atoms. The number of pyridine rings is 1. The summed E-state index contributed by atoms with van der Waals surface area (Å²) in [6.45, 7) is 0.273. The van der Waals surface area contributed by atoms with Crippen molar-refractivity contribution in [3.63, 3.8) is 0 Å². The van der Waals surface area contributed by atoms with Crippen LogP contribution in [-0.4, -0.2) is 49.6 Å². The number of aromatic nitrogens is 5. The standard InChI is InChI=1S/C21H18F3N7O3/c1-13-19(27-28-29(13)2)15-6-7-30-17(10-25-18(30)9-15)14-4-3-5-16(8-14)31(34-12-32)20(33)26-11-21(22,23)24/h3-10,12H,11H2,1-2H3,(H,26,33). The van der Waals surface area contributed by atoms with Crippen molar-refractivity contribution in [1.29, 1.82) is 0 Å². The molecule has 0 bridgehead atoms. The van der Waals surface area contributed by atoms with Crippen molar-refractivity contribution in [1.82, 2.24) is 29.7 Å². The first-order valence-corrected chi connectivity index (χ1v) is 9.87. The molecule has 3 heterocycles. The van der Waals surface area contributed by atoms with Crippen LogP contribution in [0.4, 0.5) is 23.7 Å². The summed E-state index contributed by atoms with van der Waals surface area (Å²) in [6.07, 6.45) is -1.22. The van der Waals surface area contributed by atoms with Crippen LogP contribution >= 0.6 is 0 Å². The van der Waals surface area contributed by atoms with Crippen LogP contribution in [0.2, 0.25) is 0 Å². The van der Waals surface area contributed by atoms with Gasteiger partial charge in [-0.3, -0.25) is 13.9 Å². The number of anilines is 1. The number of aryl methyl sites for hydroxylation is 1. The van der Waals surface area contributed by atoms with Crippen LogP contribution in [0.1, 0.15) is 5.69 Å². The van der Waals surface area contributed by atoms with Crippen molar-refractivity contribution in [3.05, 3.63) is 54.5 Å². The number of urea groups is 1. The van der Waals surface area contributed by atoms with E-state index in [4.69, 9.17) is 0 Å². The van der Waals surface area contributed by atoms with Gasteiger partial charge in [0.2, 0.25) is 0 Å². The van der Waals surface area contributed by atoms with E-state index in [9.17, 15) is 22.8 Å². The first-order valence-electron chi connectivity index (χ1n) is 9.87. The molecule has 176 valence electrons. The largest absolute Gasteiger partial charge is 0.405 e. The molecule has 0 radical (unpaired) electrons. The molecule has 0 aliphatic rings. The van der Waals surface area contributed by atoms with Gasteiger partial charge in [-0.25, -0.2) is 9.78 Å². The summed E-state index contributed by atoms with van der Waals surface area (Å²) < 4.78 is 40.9. The molecule has 2 amide bonds. The van der Waals surface area contributed by atoms with E-state index in [1.165, 1.54) is 12.1 Å². The minimum absolute atomic E-state index is 0.0472. The van der Waals surface area contributed by atoms with Crippen LogP contribution in [0.3, 0.4) is 0 Å². The van der Waals surface area contributed by atoms with Crippen molar-refractivity contribution in [2.45, 2.75) is 13.1 Å². The van der Waals surface area contributed by atoms with E-state index in [0.717, 1.165) is 17.0 Å². The molecular formula is C21H18F3N7O3. The summed E-state index contributed by atoms with van der Waals surface area (Å²) in [7, 11) is 1.80. The number of alkyl halides is 3. The zero-order chi connectivity index (χ0) is 24.5. The predicted molar refractivity (Wildman–Crippen MR) is 114 cm³/mol. The fourth-order valence-corrected chi connectivity index (χ4v) is 3.32. The molecule has 1 N–H and O–H groups in total. The number of halogens is 3. The van der Waals surface area contributed by atoms with Gasteiger partial charge in [0, 0.05) is 24.4 Å². The van der Waals surface area contributed by atoms with E-state index in [1.807, 2.05) is 19.1 Å². The Morgan fingerprint density at radius 2 is 2.03 bits per heavy atom. The monoisotopic (exact) mass is 473 g/mol. The molecule has 1 aromatic carbocycles. The van der Waals surface area contributed by atoms with Gasteiger partial charge >= 0.3 is 18.7 Å². The van der Waals surface area contributed by atoms with Gasteiger partial charge in [0.1, 0.15) is 17.9 Å². The molecule has 0 spiro atoms. The molecule has 0 saturated heterocycles. The minimum Gasteiger partial charge on any atom is -0.335 e. The number of carbonyl (C=O) groups excluding carboxylic acids is 2. The van der Waals surface area contributed by atoms with Crippen LogP contribution in [0, 0.1) is 6.92 Å². The van der Waals surface area contributed by atoms with Gasteiger partial charge in [-0.2, -0.15) is 13.2 Å². The second-order valence-corrected chi connectivity index (χ2v) is 7.25. The summed E-state index contributed by atoms with van der Waals surface area (Å²) in [5, 5.41) is 10.3. The molecule has 0 aliphatic carbocycles. The average molecular weight is 473 g/mol. The molecule has 0 saturated carbocycles. The minimum atomic E-state index is -4.62. The first-order chi connectivity index (χ1) is 16.2. The molecule has 13 heteroatoms. The van der Waals surface area contributed by atoms with Gasteiger partial charge in [-0.1, -0.05) is 17.3 Å². The van der Waals surface area contributed by atoms with E-state index in [0.29, 0.717) is 22.0 Å². The lowest BCUT2D eigenvalue weighted by atomic mass is 10.1. The number of hydrogen-bond donors (Lipinski definition) is 1. The highest BCUT2D eigenvalue weighted by molar-refractivity contribution is 5.91. The third-order valence-electron chi connectivity index (χ3n) is 5.04. The summed E-state index contributed by atoms with van der Waals surface area (Å²) in [6, 6.07) is 8.64. The third-order valence-corrected chi connectivity index (χ3v) is 5.04.